The average molecular weight is 636 g/mol. The van der Waals surface area contributed by atoms with Gasteiger partial charge in [-0.05, 0) is 41.3 Å². The molecule has 0 radical (unpaired) electrons. The SMILES string of the molecule is CC(C)(C)c1ccnc(CNC(=O)c2cn(CCC(F)Cn3cc(NC(=O)Cc4cc(OC(F)(F)F)ccc4F)nn3)nn2)c1. The number of alkyl halides is 4. The van der Waals surface area contributed by atoms with Gasteiger partial charge in [0.15, 0.2) is 11.5 Å². The van der Waals surface area contributed by atoms with Gasteiger partial charge in [0, 0.05) is 24.7 Å². The molecule has 45 heavy (non-hydrogen) atoms. The van der Waals surface area contributed by atoms with Gasteiger partial charge in [-0.25, -0.2) is 13.5 Å². The molecule has 4 aromatic rings. The van der Waals surface area contributed by atoms with Crippen molar-refractivity contribution in [3.05, 3.63) is 77.3 Å². The first-order chi connectivity index (χ1) is 21.1. The Labute approximate surface area is 254 Å². The Hall–Kier alpha value is -4.96. The number of rotatable bonds is 12. The minimum Gasteiger partial charge on any atom is -0.406 e. The van der Waals surface area contributed by atoms with Gasteiger partial charge in [0.05, 0.1) is 37.6 Å². The Morgan fingerprint density at radius 1 is 1.02 bits per heavy atom. The molecule has 4 rings (SSSR count). The van der Waals surface area contributed by atoms with Crippen LogP contribution in [0.3, 0.4) is 0 Å². The lowest BCUT2D eigenvalue weighted by atomic mass is 9.87. The van der Waals surface area contributed by atoms with Gasteiger partial charge in [0.1, 0.15) is 17.7 Å². The third-order valence-electron chi connectivity index (χ3n) is 6.35. The van der Waals surface area contributed by atoms with Crippen LogP contribution in [0.15, 0.2) is 48.9 Å². The largest absolute Gasteiger partial charge is 0.573 e. The molecule has 3 aromatic heterocycles. The second kappa shape index (κ2) is 13.8. The van der Waals surface area contributed by atoms with E-state index in [4.69, 9.17) is 0 Å². The average Bonchev–Trinajstić information content (AvgIpc) is 3.61. The summed E-state index contributed by atoms with van der Waals surface area (Å²) in [5.74, 6) is -2.89. The van der Waals surface area contributed by atoms with Gasteiger partial charge in [0.25, 0.3) is 5.91 Å². The fourth-order valence-corrected chi connectivity index (χ4v) is 4.07. The minimum absolute atomic E-state index is 0.00883. The number of hydrogen-bond acceptors (Lipinski definition) is 8. The summed E-state index contributed by atoms with van der Waals surface area (Å²) in [6.45, 7) is 6.31. The highest BCUT2D eigenvalue weighted by molar-refractivity contribution is 5.92. The quantitative estimate of drug-likeness (QED) is 0.221. The maximum Gasteiger partial charge on any atom is 0.573 e. The highest BCUT2D eigenvalue weighted by Crippen LogP contribution is 2.25. The Bertz CT molecular complexity index is 1630. The molecule has 0 bridgehead atoms. The van der Waals surface area contributed by atoms with E-state index in [1.165, 1.54) is 17.1 Å². The number of nitrogens with zero attached hydrogens (tertiary/aromatic N) is 7. The van der Waals surface area contributed by atoms with Gasteiger partial charge in [-0.3, -0.25) is 19.3 Å². The summed E-state index contributed by atoms with van der Waals surface area (Å²) in [5.41, 5.74) is 1.44. The maximum absolute atomic E-state index is 14.7. The smallest absolute Gasteiger partial charge is 0.406 e. The lowest BCUT2D eigenvalue weighted by Gasteiger charge is -2.19. The molecule has 1 unspecified atom stereocenters. The number of hydrogen-bond donors (Lipinski definition) is 2. The van der Waals surface area contributed by atoms with Crippen LogP contribution >= 0.6 is 0 Å². The molecule has 3 heterocycles. The first-order valence-corrected chi connectivity index (χ1v) is 13.7. The van der Waals surface area contributed by atoms with E-state index in [9.17, 15) is 31.5 Å². The number of ether oxygens (including phenoxy) is 1. The molecule has 0 saturated heterocycles. The van der Waals surface area contributed by atoms with Crippen LogP contribution in [-0.2, 0) is 36.3 Å². The van der Waals surface area contributed by atoms with Gasteiger partial charge >= 0.3 is 6.36 Å². The van der Waals surface area contributed by atoms with Crippen LogP contribution in [-0.4, -0.2) is 59.3 Å². The summed E-state index contributed by atoms with van der Waals surface area (Å²) < 4.78 is 72.2. The van der Waals surface area contributed by atoms with E-state index < -0.39 is 42.3 Å². The van der Waals surface area contributed by atoms with Crippen molar-refractivity contribution in [1.29, 1.82) is 0 Å². The molecule has 240 valence electrons. The zero-order valence-electron chi connectivity index (χ0n) is 24.5. The molecule has 0 saturated carbocycles. The standard InChI is InChI=1S/C28H30F5N9O3/c1-27(2,3)18-6-8-34-20(12-18)13-35-26(44)23-15-41(39-37-23)9-7-19(29)14-42-16-24(38-40-42)36-25(43)11-17-10-21(4-5-22(17)30)45-28(31,32)33/h4-6,8,10,12,15-16,19H,7,9,11,13-14H2,1-3H3,(H,35,44)(H,36,43). The highest BCUT2D eigenvalue weighted by atomic mass is 19.4. The summed E-state index contributed by atoms with van der Waals surface area (Å²) in [5, 5.41) is 20.2. The van der Waals surface area contributed by atoms with Crippen molar-refractivity contribution in [2.45, 2.75) is 71.2 Å². The van der Waals surface area contributed by atoms with Gasteiger partial charge in [-0.2, -0.15) is 0 Å². The van der Waals surface area contributed by atoms with Crippen LogP contribution in [0, 0.1) is 5.82 Å². The molecule has 1 atom stereocenters. The van der Waals surface area contributed by atoms with E-state index in [2.05, 4.69) is 61.7 Å². The van der Waals surface area contributed by atoms with Gasteiger partial charge in [0.2, 0.25) is 5.91 Å². The molecule has 0 aliphatic rings. The van der Waals surface area contributed by atoms with Gasteiger partial charge in [-0.15, -0.1) is 23.4 Å². The lowest BCUT2D eigenvalue weighted by Crippen LogP contribution is -2.24. The summed E-state index contributed by atoms with van der Waals surface area (Å²) in [7, 11) is 0. The first-order valence-electron chi connectivity index (χ1n) is 13.7. The molecule has 0 fully saturated rings. The summed E-state index contributed by atoms with van der Waals surface area (Å²) in [6.07, 6.45) is -2.68. The molecule has 2 amide bonds. The van der Waals surface area contributed by atoms with E-state index in [1.54, 1.807) is 6.20 Å². The second-order valence-electron chi connectivity index (χ2n) is 11.1. The van der Waals surface area contributed by atoms with E-state index in [1.807, 2.05) is 12.1 Å². The van der Waals surface area contributed by atoms with Crippen molar-refractivity contribution >= 4 is 17.6 Å². The van der Waals surface area contributed by atoms with Crippen LogP contribution in [0.2, 0.25) is 0 Å². The third-order valence-corrected chi connectivity index (χ3v) is 6.35. The third kappa shape index (κ3) is 10.0. The van der Waals surface area contributed by atoms with Crippen LogP contribution < -0.4 is 15.4 Å². The fourth-order valence-electron chi connectivity index (χ4n) is 4.07. The number of aryl methyl sites for hydroxylation is 1. The van der Waals surface area contributed by atoms with Gasteiger partial charge in [-0.1, -0.05) is 31.2 Å². The Morgan fingerprint density at radius 2 is 1.78 bits per heavy atom. The van der Waals surface area contributed by atoms with Crippen molar-refractivity contribution in [1.82, 2.24) is 40.3 Å². The molecule has 0 aliphatic heterocycles. The van der Waals surface area contributed by atoms with E-state index >= 15 is 0 Å². The van der Waals surface area contributed by atoms with Gasteiger partial charge < -0.3 is 15.4 Å². The van der Waals surface area contributed by atoms with Crippen molar-refractivity contribution in [3.63, 3.8) is 0 Å². The van der Waals surface area contributed by atoms with Crippen molar-refractivity contribution < 1.29 is 36.3 Å². The summed E-state index contributed by atoms with van der Waals surface area (Å²) in [6, 6.07) is 6.15. The maximum atomic E-state index is 14.7. The molecule has 1 aromatic carbocycles. The van der Waals surface area contributed by atoms with Crippen LogP contribution in [0.5, 0.6) is 5.75 Å². The lowest BCUT2D eigenvalue weighted by molar-refractivity contribution is -0.274. The second-order valence-corrected chi connectivity index (χ2v) is 11.1. The molecular formula is C28H30F5N9O3. The summed E-state index contributed by atoms with van der Waals surface area (Å²) in [4.78, 5) is 29.1. The van der Waals surface area contributed by atoms with E-state index in [0.717, 1.165) is 28.4 Å². The molecule has 0 spiro atoms. The number of pyridine rings is 1. The van der Waals surface area contributed by atoms with Crippen LogP contribution in [0.25, 0.3) is 0 Å². The van der Waals surface area contributed by atoms with Crippen molar-refractivity contribution in [3.8, 4) is 5.75 Å². The summed E-state index contributed by atoms with van der Waals surface area (Å²) >= 11 is 0. The Balaban J connectivity index is 1.22. The number of amides is 2. The van der Waals surface area contributed by atoms with E-state index in [0.29, 0.717) is 5.69 Å². The minimum atomic E-state index is -4.98. The van der Waals surface area contributed by atoms with E-state index in [-0.39, 0.29) is 48.5 Å². The van der Waals surface area contributed by atoms with Crippen molar-refractivity contribution in [2.24, 2.45) is 0 Å². The molecule has 12 nitrogen and oxygen atoms in total. The molecule has 17 heteroatoms. The highest BCUT2D eigenvalue weighted by Gasteiger charge is 2.31. The van der Waals surface area contributed by atoms with Crippen molar-refractivity contribution in [2.75, 3.05) is 5.32 Å². The zero-order valence-corrected chi connectivity index (χ0v) is 24.5. The fraction of sp³-hybridized carbons (Fsp3) is 0.393. The number of benzene rings is 1. The number of halogens is 5. The molecule has 2 N–H and O–H groups in total. The molecule has 0 aliphatic carbocycles. The monoisotopic (exact) mass is 635 g/mol. The Morgan fingerprint density at radius 3 is 2.51 bits per heavy atom. The van der Waals surface area contributed by atoms with Crippen LogP contribution in [0.1, 0.15) is 54.5 Å². The van der Waals surface area contributed by atoms with Crippen LogP contribution in [0.4, 0.5) is 27.8 Å². The number of nitrogens with one attached hydrogen (secondary N) is 2. The number of aromatic nitrogens is 7. The number of carbonyl (C=O) groups excluding carboxylic acids is 2. The molecular weight excluding hydrogens is 605 g/mol. The normalized spacial score (nSPS) is 12.5. The topological polar surface area (TPSA) is 142 Å². The number of carbonyl (C=O) groups is 2. The predicted octanol–water partition coefficient (Wildman–Crippen LogP) is 4.14. The zero-order chi connectivity index (χ0) is 32.8. The predicted molar refractivity (Wildman–Crippen MR) is 149 cm³/mol. The Kier molecular flexibility index (Phi) is 10.1. The number of anilines is 1. The first kappa shape index (κ1) is 32.9.